The Morgan fingerprint density at radius 3 is 2.71 bits per heavy atom. The summed E-state index contributed by atoms with van der Waals surface area (Å²) in [6.07, 6.45) is 0. The quantitative estimate of drug-likeness (QED) is 0.836. The van der Waals surface area contributed by atoms with Gasteiger partial charge in [-0.2, -0.15) is 0 Å². The molecule has 0 aromatic heterocycles. The average molecular weight is 216 g/mol. The van der Waals surface area contributed by atoms with E-state index in [4.69, 9.17) is 26.8 Å². The molecule has 0 saturated carbocycles. The van der Waals surface area contributed by atoms with E-state index in [0.29, 0.717) is 29.7 Å². The van der Waals surface area contributed by atoms with Crippen molar-refractivity contribution in [2.24, 2.45) is 5.73 Å². The van der Waals surface area contributed by atoms with Gasteiger partial charge in [0.1, 0.15) is 6.61 Å². The van der Waals surface area contributed by atoms with E-state index < -0.39 is 0 Å². The molecule has 0 aliphatic carbocycles. The van der Waals surface area contributed by atoms with E-state index in [9.17, 15) is 0 Å². The van der Waals surface area contributed by atoms with Crippen LogP contribution in [-0.4, -0.2) is 20.3 Å². The van der Waals surface area contributed by atoms with Crippen LogP contribution in [-0.2, 0) is 0 Å². The summed E-state index contributed by atoms with van der Waals surface area (Å²) in [6, 6.07) is 3.55. The van der Waals surface area contributed by atoms with Crippen molar-refractivity contribution in [2.45, 2.75) is 6.92 Å². The SMILES string of the molecule is COc1c(C)cc(Cl)cc1OCCN. The Morgan fingerprint density at radius 2 is 2.14 bits per heavy atom. The lowest BCUT2D eigenvalue weighted by molar-refractivity contribution is 0.301. The maximum atomic E-state index is 5.89. The average Bonchev–Trinajstić information content (AvgIpc) is 2.14. The summed E-state index contributed by atoms with van der Waals surface area (Å²) in [5, 5.41) is 0.635. The van der Waals surface area contributed by atoms with E-state index in [0.717, 1.165) is 5.56 Å². The summed E-state index contributed by atoms with van der Waals surface area (Å²) >= 11 is 5.89. The Morgan fingerprint density at radius 1 is 1.43 bits per heavy atom. The number of methoxy groups -OCH3 is 1. The standard InChI is InChI=1S/C10H14ClNO2/c1-7-5-8(11)6-9(10(7)13-2)14-4-3-12/h5-6H,3-4,12H2,1-2H3. The molecule has 2 N–H and O–H groups in total. The molecule has 0 fully saturated rings. The lowest BCUT2D eigenvalue weighted by atomic mass is 10.2. The third kappa shape index (κ3) is 2.53. The summed E-state index contributed by atoms with van der Waals surface area (Å²) in [7, 11) is 1.60. The molecule has 1 aromatic rings. The van der Waals surface area contributed by atoms with Gasteiger partial charge in [0.15, 0.2) is 11.5 Å². The van der Waals surface area contributed by atoms with Crippen molar-refractivity contribution in [2.75, 3.05) is 20.3 Å². The molecule has 78 valence electrons. The molecule has 4 heteroatoms. The molecule has 0 radical (unpaired) electrons. The zero-order chi connectivity index (χ0) is 10.6. The molecule has 0 amide bonds. The highest BCUT2D eigenvalue weighted by Gasteiger charge is 2.08. The first-order chi connectivity index (χ1) is 6.69. The van der Waals surface area contributed by atoms with Gasteiger partial charge in [0.25, 0.3) is 0 Å². The Labute approximate surface area is 88.8 Å². The van der Waals surface area contributed by atoms with E-state index in [-0.39, 0.29) is 0 Å². The van der Waals surface area contributed by atoms with Crippen molar-refractivity contribution in [1.82, 2.24) is 0 Å². The van der Waals surface area contributed by atoms with Crippen molar-refractivity contribution in [3.63, 3.8) is 0 Å². The van der Waals surface area contributed by atoms with Gasteiger partial charge >= 0.3 is 0 Å². The first-order valence-electron chi connectivity index (χ1n) is 4.36. The Hall–Kier alpha value is -0.930. The zero-order valence-electron chi connectivity index (χ0n) is 8.34. The first kappa shape index (κ1) is 11.1. The normalized spacial score (nSPS) is 10.0. The van der Waals surface area contributed by atoms with Crippen molar-refractivity contribution >= 4 is 11.6 Å². The highest BCUT2D eigenvalue weighted by atomic mass is 35.5. The van der Waals surface area contributed by atoms with Crippen LogP contribution in [0, 0.1) is 6.92 Å². The molecule has 0 bridgehead atoms. The number of halogens is 1. The van der Waals surface area contributed by atoms with E-state index >= 15 is 0 Å². The maximum absolute atomic E-state index is 5.89. The highest BCUT2D eigenvalue weighted by Crippen LogP contribution is 2.33. The molecule has 0 heterocycles. The lowest BCUT2D eigenvalue weighted by Gasteiger charge is -2.12. The minimum Gasteiger partial charge on any atom is -0.493 e. The Bertz CT molecular complexity index is 315. The number of aryl methyl sites for hydroxylation is 1. The number of rotatable bonds is 4. The smallest absolute Gasteiger partial charge is 0.163 e. The minimum absolute atomic E-state index is 0.455. The summed E-state index contributed by atoms with van der Waals surface area (Å²) < 4.78 is 10.6. The molecule has 0 aliphatic rings. The van der Waals surface area contributed by atoms with Crippen LogP contribution in [0.15, 0.2) is 12.1 Å². The largest absolute Gasteiger partial charge is 0.493 e. The van der Waals surface area contributed by atoms with E-state index in [1.165, 1.54) is 0 Å². The minimum atomic E-state index is 0.455. The summed E-state index contributed by atoms with van der Waals surface area (Å²) in [5.41, 5.74) is 6.30. The second-order valence-corrected chi connectivity index (χ2v) is 3.33. The highest BCUT2D eigenvalue weighted by molar-refractivity contribution is 6.30. The van der Waals surface area contributed by atoms with Crippen LogP contribution in [0.1, 0.15) is 5.56 Å². The Kier molecular flexibility index (Phi) is 4.04. The van der Waals surface area contributed by atoms with Crippen molar-refractivity contribution < 1.29 is 9.47 Å². The first-order valence-corrected chi connectivity index (χ1v) is 4.74. The van der Waals surface area contributed by atoms with Crippen LogP contribution >= 0.6 is 11.6 Å². The third-order valence-electron chi connectivity index (χ3n) is 1.78. The topological polar surface area (TPSA) is 44.5 Å². The van der Waals surface area contributed by atoms with Gasteiger partial charge in [-0.1, -0.05) is 11.6 Å². The number of hydrogen-bond donors (Lipinski definition) is 1. The Balaban J connectivity index is 2.99. The van der Waals surface area contributed by atoms with Gasteiger partial charge in [-0.05, 0) is 18.6 Å². The molecule has 0 unspecified atom stereocenters. The zero-order valence-corrected chi connectivity index (χ0v) is 9.10. The second-order valence-electron chi connectivity index (χ2n) is 2.89. The summed E-state index contributed by atoms with van der Waals surface area (Å²) in [5.74, 6) is 1.35. The molecular weight excluding hydrogens is 202 g/mol. The molecule has 1 aromatic carbocycles. The van der Waals surface area contributed by atoms with Gasteiger partial charge in [-0.25, -0.2) is 0 Å². The molecule has 0 atom stereocenters. The lowest BCUT2D eigenvalue weighted by Crippen LogP contribution is -2.11. The predicted octanol–water partition coefficient (Wildman–Crippen LogP) is 1.99. The number of benzene rings is 1. The number of hydrogen-bond acceptors (Lipinski definition) is 3. The molecular formula is C10H14ClNO2. The summed E-state index contributed by atoms with van der Waals surface area (Å²) in [6.45, 7) is 2.84. The van der Waals surface area contributed by atoms with Crippen LogP contribution in [0.2, 0.25) is 5.02 Å². The number of ether oxygens (including phenoxy) is 2. The molecule has 0 saturated heterocycles. The van der Waals surface area contributed by atoms with Crippen LogP contribution in [0.4, 0.5) is 0 Å². The van der Waals surface area contributed by atoms with E-state index in [1.54, 1.807) is 13.2 Å². The molecule has 0 spiro atoms. The van der Waals surface area contributed by atoms with Gasteiger partial charge in [-0.3, -0.25) is 0 Å². The monoisotopic (exact) mass is 215 g/mol. The maximum Gasteiger partial charge on any atom is 0.163 e. The second kappa shape index (κ2) is 5.08. The molecule has 1 rings (SSSR count). The van der Waals surface area contributed by atoms with Crippen molar-refractivity contribution in [3.8, 4) is 11.5 Å². The van der Waals surface area contributed by atoms with E-state index in [1.807, 2.05) is 13.0 Å². The van der Waals surface area contributed by atoms with Crippen molar-refractivity contribution in [3.05, 3.63) is 22.7 Å². The fourth-order valence-corrected chi connectivity index (χ4v) is 1.50. The molecule has 14 heavy (non-hydrogen) atoms. The van der Waals surface area contributed by atoms with Gasteiger partial charge < -0.3 is 15.2 Å². The van der Waals surface area contributed by atoms with E-state index in [2.05, 4.69) is 0 Å². The van der Waals surface area contributed by atoms with Gasteiger partial charge in [-0.15, -0.1) is 0 Å². The third-order valence-corrected chi connectivity index (χ3v) is 2.00. The van der Waals surface area contributed by atoms with Crippen LogP contribution in [0.25, 0.3) is 0 Å². The summed E-state index contributed by atoms with van der Waals surface area (Å²) in [4.78, 5) is 0. The predicted molar refractivity (Wildman–Crippen MR) is 57.3 cm³/mol. The van der Waals surface area contributed by atoms with Crippen LogP contribution in [0.3, 0.4) is 0 Å². The van der Waals surface area contributed by atoms with Crippen LogP contribution < -0.4 is 15.2 Å². The number of nitrogens with two attached hydrogens (primary N) is 1. The fourth-order valence-electron chi connectivity index (χ4n) is 1.24. The van der Waals surface area contributed by atoms with Gasteiger partial charge in [0.2, 0.25) is 0 Å². The van der Waals surface area contributed by atoms with Crippen LogP contribution in [0.5, 0.6) is 11.5 Å². The fraction of sp³-hybridized carbons (Fsp3) is 0.400. The van der Waals surface area contributed by atoms with Gasteiger partial charge in [0, 0.05) is 17.6 Å². The molecule has 3 nitrogen and oxygen atoms in total. The van der Waals surface area contributed by atoms with Gasteiger partial charge in [0.05, 0.1) is 7.11 Å². The van der Waals surface area contributed by atoms with Crippen molar-refractivity contribution in [1.29, 1.82) is 0 Å². The molecule has 0 aliphatic heterocycles.